The molecule has 1 aliphatic heterocycles. The van der Waals surface area contributed by atoms with Crippen molar-refractivity contribution in [2.75, 3.05) is 36.0 Å². The molecule has 3 rings (SSSR count). The number of nitriles is 1. The summed E-state index contributed by atoms with van der Waals surface area (Å²) < 4.78 is 13.2. The minimum atomic E-state index is -0.379. The molecule has 0 N–H and O–H groups in total. The van der Waals surface area contributed by atoms with Crippen molar-refractivity contribution in [3.8, 4) is 6.07 Å². The molecule has 22 heavy (non-hydrogen) atoms. The topological polar surface area (TPSA) is 56.1 Å². The number of aryl methyl sites for hydroxylation is 1. The molecule has 0 bridgehead atoms. The number of hydrogen-bond acceptors (Lipinski definition) is 5. The predicted octanol–water partition coefficient (Wildman–Crippen LogP) is 2.12. The number of hydrogen-bond donors (Lipinski definition) is 0. The van der Waals surface area contributed by atoms with Crippen molar-refractivity contribution in [3.05, 3.63) is 47.7 Å². The first-order valence-electron chi connectivity index (χ1n) is 7.16. The van der Waals surface area contributed by atoms with Crippen molar-refractivity contribution < 1.29 is 4.39 Å². The lowest BCUT2D eigenvalue weighted by Crippen LogP contribution is -2.47. The van der Waals surface area contributed by atoms with Gasteiger partial charge in [-0.15, -0.1) is 0 Å². The molecule has 1 saturated heterocycles. The minimum absolute atomic E-state index is 0.379. The van der Waals surface area contributed by atoms with Crippen molar-refractivity contribution >= 4 is 11.5 Å². The van der Waals surface area contributed by atoms with Crippen molar-refractivity contribution in [1.29, 1.82) is 5.26 Å². The van der Waals surface area contributed by atoms with Gasteiger partial charge < -0.3 is 9.80 Å². The second-order valence-electron chi connectivity index (χ2n) is 5.21. The number of benzene rings is 1. The molecule has 0 spiro atoms. The Morgan fingerprint density at radius 2 is 1.86 bits per heavy atom. The molecule has 0 unspecified atom stereocenters. The summed E-state index contributed by atoms with van der Waals surface area (Å²) in [5.41, 5.74) is 1.17. The van der Waals surface area contributed by atoms with E-state index in [9.17, 15) is 4.39 Å². The number of aromatic nitrogens is 2. The normalized spacial score (nSPS) is 14.8. The molecule has 0 radical (unpaired) electrons. The van der Waals surface area contributed by atoms with E-state index in [-0.39, 0.29) is 5.82 Å². The number of halogens is 1. The molecule has 1 aromatic heterocycles. The summed E-state index contributed by atoms with van der Waals surface area (Å²) in [5.74, 6) is 1.30. The number of rotatable bonds is 2. The van der Waals surface area contributed by atoms with E-state index in [1.165, 1.54) is 12.1 Å². The van der Waals surface area contributed by atoms with Crippen LogP contribution in [-0.4, -0.2) is 36.1 Å². The maximum atomic E-state index is 13.2. The molecule has 1 aromatic carbocycles. The molecule has 2 heterocycles. The zero-order valence-corrected chi connectivity index (χ0v) is 12.3. The van der Waals surface area contributed by atoms with E-state index in [4.69, 9.17) is 5.26 Å². The summed E-state index contributed by atoms with van der Waals surface area (Å²) in [6.07, 6.45) is 1.76. The average molecular weight is 297 g/mol. The Morgan fingerprint density at radius 3 is 2.55 bits per heavy atom. The van der Waals surface area contributed by atoms with Crippen LogP contribution in [0.2, 0.25) is 0 Å². The Morgan fingerprint density at radius 1 is 1.14 bits per heavy atom. The number of piperazine rings is 1. The molecule has 0 atom stereocenters. The fraction of sp³-hybridized carbons (Fsp3) is 0.312. The fourth-order valence-electron chi connectivity index (χ4n) is 2.67. The number of anilines is 2. The molecule has 1 aliphatic rings. The maximum absolute atomic E-state index is 13.2. The van der Waals surface area contributed by atoms with Crippen molar-refractivity contribution in [2.24, 2.45) is 0 Å². The molecule has 0 aliphatic carbocycles. The van der Waals surface area contributed by atoms with Crippen LogP contribution in [0.25, 0.3) is 0 Å². The first-order chi connectivity index (χ1) is 10.7. The van der Waals surface area contributed by atoms with Crippen LogP contribution >= 0.6 is 0 Å². The van der Waals surface area contributed by atoms with Crippen LogP contribution in [-0.2, 0) is 0 Å². The van der Waals surface area contributed by atoms with Crippen LogP contribution in [0.15, 0.2) is 30.5 Å². The molecule has 0 saturated carbocycles. The van der Waals surface area contributed by atoms with E-state index in [2.05, 4.69) is 25.8 Å². The third-order valence-electron chi connectivity index (χ3n) is 3.78. The fourth-order valence-corrected chi connectivity index (χ4v) is 2.67. The zero-order chi connectivity index (χ0) is 15.5. The highest BCUT2D eigenvalue weighted by atomic mass is 19.1. The first kappa shape index (κ1) is 14.3. The average Bonchev–Trinajstić information content (AvgIpc) is 2.55. The van der Waals surface area contributed by atoms with E-state index < -0.39 is 0 Å². The lowest BCUT2D eigenvalue weighted by molar-refractivity contribution is 0.623. The Kier molecular flexibility index (Phi) is 3.88. The van der Waals surface area contributed by atoms with Gasteiger partial charge in [0.05, 0.1) is 11.3 Å². The second kappa shape index (κ2) is 5.98. The van der Waals surface area contributed by atoms with Gasteiger partial charge in [0, 0.05) is 32.4 Å². The van der Waals surface area contributed by atoms with Crippen molar-refractivity contribution in [3.63, 3.8) is 0 Å². The van der Waals surface area contributed by atoms with Gasteiger partial charge in [-0.2, -0.15) is 5.26 Å². The van der Waals surface area contributed by atoms with Gasteiger partial charge in [0.25, 0.3) is 0 Å². The summed E-state index contributed by atoms with van der Waals surface area (Å²) in [5, 5.41) is 9.16. The van der Waals surface area contributed by atoms with Crippen molar-refractivity contribution in [2.45, 2.75) is 6.92 Å². The highest BCUT2D eigenvalue weighted by Gasteiger charge is 2.20. The van der Waals surface area contributed by atoms with Gasteiger partial charge in [0.15, 0.2) is 0 Å². The second-order valence-corrected chi connectivity index (χ2v) is 5.21. The largest absolute Gasteiger partial charge is 0.367 e. The van der Waals surface area contributed by atoms with Crippen LogP contribution in [0.1, 0.15) is 11.4 Å². The maximum Gasteiger partial charge on any atom is 0.132 e. The molecule has 2 aromatic rings. The third-order valence-corrected chi connectivity index (χ3v) is 3.78. The molecule has 112 valence electrons. The van der Waals surface area contributed by atoms with Gasteiger partial charge in [-0.25, -0.2) is 14.4 Å². The van der Waals surface area contributed by atoms with Gasteiger partial charge in [0.2, 0.25) is 0 Å². The summed E-state index contributed by atoms with van der Waals surface area (Å²) in [4.78, 5) is 12.9. The molecule has 0 amide bonds. The summed E-state index contributed by atoms with van der Waals surface area (Å²) in [7, 11) is 0. The standard InChI is InChI=1S/C16H16FN5/c1-12-19-5-4-16(20-12)22-8-6-21(7-9-22)15-3-2-14(17)10-13(15)11-18/h2-5,10H,6-9H2,1H3. The van der Waals surface area contributed by atoms with E-state index >= 15 is 0 Å². The van der Waals surface area contributed by atoms with Crippen LogP contribution in [0.4, 0.5) is 15.9 Å². The minimum Gasteiger partial charge on any atom is -0.367 e. The van der Waals surface area contributed by atoms with E-state index in [0.29, 0.717) is 5.56 Å². The number of nitrogens with zero attached hydrogens (tertiary/aromatic N) is 5. The van der Waals surface area contributed by atoms with Gasteiger partial charge >= 0.3 is 0 Å². The lowest BCUT2D eigenvalue weighted by atomic mass is 10.1. The summed E-state index contributed by atoms with van der Waals surface area (Å²) in [6.45, 7) is 5.02. The van der Waals surface area contributed by atoms with Gasteiger partial charge in [0.1, 0.15) is 23.5 Å². The predicted molar refractivity (Wildman–Crippen MR) is 82.3 cm³/mol. The molecule has 6 heteroatoms. The molecule has 1 fully saturated rings. The molecular formula is C16H16FN5. The Balaban J connectivity index is 1.73. The van der Waals surface area contributed by atoms with Crippen molar-refractivity contribution in [1.82, 2.24) is 9.97 Å². The quantitative estimate of drug-likeness (QED) is 0.850. The third kappa shape index (κ3) is 2.84. The first-order valence-corrected chi connectivity index (χ1v) is 7.16. The van der Waals surface area contributed by atoms with E-state index in [1.54, 1.807) is 12.3 Å². The Hall–Kier alpha value is -2.68. The van der Waals surface area contributed by atoms with Crippen LogP contribution in [0, 0.1) is 24.1 Å². The highest BCUT2D eigenvalue weighted by Crippen LogP contribution is 2.23. The monoisotopic (exact) mass is 297 g/mol. The lowest BCUT2D eigenvalue weighted by Gasteiger charge is -2.37. The van der Waals surface area contributed by atoms with E-state index in [0.717, 1.165) is 43.5 Å². The Labute approximate surface area is 128 Å². The molecule has 5 nitrogen and oxygen atoms in total. The summed E-state index contributed by atoms with van der Waals surface area (Å²) in [6, 6.07) is 8.34. The van der Waals surface area contributed by atoms with Gasteiger partial charge in [-0.3, -0.25) is 0 Å². The van der Waals surface area contributed by atoms with Crippen LogP contribution in [0.3, 0.4) is 0 Å². The van der Waals surface area contributed by atoms with Crippen LogP contribution < -0.4 is 9.80 Å². The zero-order valence-electron chi connectivity index (χ0n) is 12.3. The highest BCUT2D eigenvalue weighted by molar-refractivity contribution is 5.60. The summed E-state index contributed by atoms with van der Waals surface area (Å²) >= 11 is 0. The Bertz CT molecular complexity index is 717. The van der Waals surface area contributed by atoms with Gasteiger partial charge in [-0.1, -0.05) is 0 Å². The van der Waals surface area contributed by atoms with E-state index in [1.807, 2.05) is 13.0 Å². The van der Waals surface area contributed by atoms with Crippen LogP contribution in [0.5, 0.6) is 0 Å². The molecular weight excluding hydrogens is 281 g/mol. The van der Waals surface area contributed by atoms with Gasteiger partial charge in [-0.05, 0) is 31.2 Å². The smallest absolute Gasteiger partial charge is 0.132 e. The SMILES string of the molecule is Cc1nccc(N2CCN(c3ccc(F)cc3C#N)CC2)n1.